The van der Waals surface area contributed by atoms with Crippen LogP contribution in [0, 0.1) is 5.82 Å². The fourth-order valence-corrected chi connectivity index (χ4v) is 2.43. The molecule has 0 N–H and O–H groups in total. The molecule has 0 bridgehead atoms. The quantitative estimate of drug-likeness (QED) is 0.578. The third-order valence-corrected chi connectivity index (χ3v) is 3.45. The molecule has 0 spiro atoms. The second kappa shape index (κ2) is 5.33. The van der Waals surface area contributed by atoms with Gasteiger partial charge in [-0.3, -0.25) is 0 Å². The van der Waals surface area contributed by atoms with Crippen LogP contribution in [0.1, 0.15) is 31.4 Å². The molecule has 0 radical (unpaired) electrons. The van der Waals surface area contributed by atoms with Gasteiger partial charge in [0.2, 0.25) is 0 Å². The van der Waals surface area contributed by atoms with Crippen LogP contribution in [0.3, 0.4) is 0 Å². The average molecular weight is 292 g/mol. The van der Waals surface area contributed by atoms with E-state index in [1.54, 1.807) is 0 Å². The Kier molecular flexibility index (Phi) is 4.07. The summed E-state index contributed by atoms with van der Waals surface area (Å²) in [5.41, 5.74) is -1.56. The molecule has 0 saturated carbocycles. The van der Waals surface area contributed by atoms with Gasteiger partial charge in [-0.1, -0.05) is 19.9 Å². The summed E-state index contributed by atoms with van der Waals surface area (Å²) in [6.45, 7) is 4.79. The van der Waals surface area contributed by atoms with Gasteiger partial charge in [-0.15, -0.1) is 0 Å². The summed E-state index contributed by atoms with van der Waals surface area (Å²) in [5, 5.41) is 0. The van der Waals surface area contributed by atoms with E-state index in [1.807, 2.05) is 13.8 Å². The Morgan fingerprint density at radius 1 is 1.25 bits per heavy atom. The molecular weight excluding hydrogens is 276 g/mol. The van der Waals surface area contributed by atoms with Crippen molar-refractivity contribution in [2.45, 2.75) is 38.1 Å². The Balaban J connectivity index is 0.000000704. The number of epoxide rings is 1. The zero-order valence-corrected chi connectivity index (χ0v) is 11.3. The van der Waals surface area contributed by atoms with Gasteiger partial charge in [0.25, 0.3) is 0 Å². The van der Waals surface area contributed by atoms with E-state index in [1.165, 1.54) is 6.07 Å². The lowest BCUT2D eigenvalue weighted by molar-refractivity contribution is -0.137. The summed E-state index contributed by atoms with van der Waals surface area (Å²) in [5.74, 6) is -0.866. The summed E-state index contributed by atoms with van der Waals surface area (Å²) in [6, 6.07) is 2.59. The van der Waals surface area contributed by atoms with Crippen molar-refractivity contribution in [3.05, 3.63) is 35.1 Å². The second-order valence-corrected chi connectivity index (χ2v) is 4.51. The van der Waals surface area contributed by atoms with E-state index in [4.69, 9.17) is 9.47 Å². The summed E-state index contributed by atoms with van der Waals surface area (Å²) >= 11 is 0. The first kappa shape index (κ1) is 15.3. The Bertz CT molecular complexity index is 487. The first-order valence-corrected chi connectivity index (χ1v) is 6.56. The molecule has 2 aliphatic rings. The summed E-state index contributed by atoms with van der Waals surface area (Å²) < 4.78 is 61.7. The molecular formula is C14H16F4O2. The number of hydrogen-bond acceptors (Lipinski definition) is 2. The van der Waals surface area contributed by atoms with Crippen LogP contribution in [0.4, 0.5) is 17.6 Å². The molecule has 2 nitrogen and oxygen atoms in total. The number of benzene rings is 1. The third kappa shape index (κ3) is 2.54. The minimum atomic E-state index is -4.53. The molecule has 2 fully saturated rings. The van der Waals surface area contributed by atoms with Crippen LogP contribution in [0.2, 0.25) is 0 Å². The molecule has 20 heavy (non-hydrogen) atoms. The van der Waals surface area contributed by atoms with E-state index in [9.17, 15) is 17.6 Å². The molecule has 112 valence electrons. The van der Waals surface area contributed by atoms with Crippen LogP contribution >= 0.6 is 0 Å². The zero-order chi connectivity index (χ0) is 15.0. The molecule has 2 heterocycles. The Morgan fingerprint density at radius 2 is 1.95 bits per heavy atom. The molecule has 1 aromatic carbocycles. The summed E-state index contributed by atoms with van der Waals surface area (Å²) in [6.07, 6.45) is -4.30. The topological polar surface area (TPSA) is 21.8 Å². The van der Waals surface area contributed by atoms with E-state index in [0.29, 0.717) is 25.7 Å². The molecule has 0 amide bonds. The van der Waals surface area contributed by atoms with Gasteiger partial charge in [-0.25, -0.2) is 4.39 Å². The summed E-state index contributed by atoms with van der Waals surface area (Å²) in [4.78, 5) is 0. The largest absolute Gasteiger partial charge is 0.416 e. The lowest BCUT2D eigenvalue weighted by atomic mass is 9.90. The lowest BCUT2D eigenvalue weighted by Gasteiger charge is -2.19. The highest BCUT2D eigenvalue weighted by Crippen LogP contribution is 2.52. The first-order chi connectivity index (χ1) is 9.43. The molecule has 2 saturated heterocycles. The van der Waals surface area contributed by atoms with Crippen LogP contribution < -0.4 is 0 Å². The standard InChI is InChI=1S/C12H10F4O2.C2H6/c13-9-5-7(12(14,15)16)1-2-8(9)11-3-4-17-6-10(11)18-11;1-2/h1-2,5,10H,3-4,6H2;1-2H3. The van der Waals surface area contributed by atoms with Crippen molar-refractivity contribution in [1.29, 1.82) is 0 Å². The smallest absolute Gasteiger partial charge is 0.378 e. The van der Waals surface area contributed by atoms with Gasteiger partial charge in [0.1, 0.15) is 17.5 Å². The fraction of sp³-hybridized carbons (Fsp3) is 0.571. The monoisotopic (exact) mass is 292 g/mol. The Morgan fingerprint density at radius 3 is 2.50 bits per heavy atom. The van der Waals surface area contributed by atoms with E-state index in [2.05, 4.69) is 0 Å². The van der Waals surface area contributed by atoms with Gasteiger partial charge < -0.3 is 9.47 Å². The van der Waals surface area contributed by atoms with Gasteiger partial charge in [0, 0.05) is 18.6 Å². The van der Waals surface area contributed by atoms with E-state index in [0.717, 1.165) is 6.07 Å². The fourth-order valence-electron chi connectivity index (χ4n) is 2.43. The van der Waals surface area contributed by atoms with Crippen molar-refractivity contribution in [3.8, 4) is 0 Å². The predicted molar refractivity (Wildman–Crippen MR) is 64.7 cm³/mol. The maximum Gasteiger partial charge on any atom is 0.416 e. The Labute approximate surface area is 114 Å². The predicted octanol–water partition coefficient (Wildman–Crippen LogP) is 3.89. The number of alkyl halides is 3. The molecule has 2 unspecified atom stereocenters. The first-order valence-electron chi connectivity index (χ1n) is 6.56. The molecule has 0 aromatic heterocycles. The second-order valence-electron chi connectivity index (χ2n) is 4.51. The van der Waals surface area contributed by atoms with Crippen molar-refractivity contribution in [1.82, 2.24) is 0 Å². The molecule has 6 heteroatoms. The highest BCUT2D eigenvalue weighted by Gasteiger charge is 2.60. The van der Waals surface area contributed by atoms with Crippen LogP contribution in [0.15, 0.2) is 18.2 Å². The van der Waals surface area contributed by atoms with Crippen molar-refractivity contribution in [3.63, 3.8) is 0 Å². The van der Waals surface area contributed by atoms with E-state index >= 15 is 0 Å². The lowest BCUT2D eigenvalue weighted by Crippen LogP contribution is -2.25. The van der Waals surface area contributed by atoms with Crippen LogP contribution in [0.5, 0.6) is 0 Å². The number of fused-ring (bicyclic) bond motifs is 1. The minimum Gasteiger partial charge on any atom is -0.378 e. The van der Waals surface area contributed by atoms with Crippen LogP contribution in [-0.2, 0) is 21.3 Å². The van der Waals surface area contributed by atoms with Crippen LogP contribution in [-0.4, -0.2) is 19.3 Å². The maximum atomic E-state index is 13.8. The normalized spacial score (nSPS) is 28.2. The van der Waals surface area contributed by atoms with Crippen molar-refractivity contribution in [2.75, 3.05) is 13.2 Å². The van der Waals surface area contributed by atoms with Crippen molar-refractivity contribution in [2.24, 2.45) is 0 Å². The summed E-state index contributed by atoms with van der Waals surface area (Å²) in [7, 11) is 0. The van der Waals surface area contributed by atoms with Crippen LogP contribution in [0.25, 0.3) is 0 Å². The highest BCUT2D eigenvalue weighted by atomic mass is 19.4. The highest BCUT2D eigenvalue weighted by molar-refractivity contribution is 5.35. The average Bonchev–Trinajstić information content (AvgIpc) is 3.15. The third-order valence-electron chi connectivity index (χ3n) is 3.45. The Hall–Kier alpha value is -1.14. The minimum absolute atomic E-state index is 0.198. The molecule has 2 atom stereocenters. The van der Waals surface area contributed by atoms with E-state index < -0.39 is 23.2 Å². The number of halogens is 4. The van der Waals surface area contributed by atoms with Gasteiger partial charge in [0.05, 0.1) is 12.2 Å². The van der Waals surface area contributed by atoms with Crippen molar-refractivity contribution >= 4 is 0 Å². The van der Waals surface area contributed by atoms with Gasteiger partial charge in [-0.05, 0) is 12.1 Å². The number of rotatable bonds is 1. The van der Waals surface area contributed by atoms with E-state index in [-0.39, 0.29) is 11.7 Å². The van der Waals surface area contributed by atoms with Crippen molar-refractivity contribution < 1.29 is 27.0 Å². The maximum absolute atomic E-state index is 13.8. The SMILES string of the molecule is CC.Fc1cc(C(F)(F)F)ccc1C12CCOCC1O2. The van der Waals surface area contributed by atoms with Gasteiger partial charge >= 0.3 is 6.18 Å². The molecule has 0 aliphatic carbocycles. The van der Waals surface area contributed by atoms with Gasteiger partial charge in [0.15, 0.2) is 0 Å². The molecule has 2 aliphatic heterocycles. The number of ether oxygens (including phenoxy) is 2. The number of hydrogen-bond donors (Lipinski definition) is 0. The molecule has 3 rings (SSSR count). The van der Waals surface area contributed by atoms with Gasteiger partial charge in [-0.2, -0.15) is 13.2 Å². The molecule has 1 aromatic rings. The zero-order valence-electron chi connectivity index (χ0n) is 11.3.